The number of nitrogens with zero attached hydrogens (tertiary/aromatic N) is 6. The quantitative estimate of drug-likeness (QED) is 0.443. The van der Waals surface area contributed by atoms with Crippen LogP contribution in [-0.2, 0) is 23.3 Å². The van der Waals surface area contributed by atoms with Gasteiger partial charge in [0.15, 0.2) is 15.7 Å². The number of hydrogen-bond donors (Lipinski definition) is 0. The molecule has 33 heavy (non-hydrogen) atoms. The summed E-state index contributed by atoms with van der Waals surface area (Å²) < 4.78 is 31.1. The lowest BCUT2D eigenvalue weighted by molar-refractivity contribution is 0.410. The summed E-state index contributed by atoms with van der Waals surface area (Å²) in [5.74, 6) is 2.36. The van der Waals surface area contributed by atoms with E-state index in [9.17, 15) is 8.42 Å². The molecule has 5 rings (SSSR count). The zero-order valence-corrected chi connectivity index (χ0v) is 19.3. The predicted octanol–water partition coefficient (Wildman–Crippen LogP) is 2.26. The van der Waals surface area contributed by atoms with Gasteiger partial charge in [0.25, 0.3) is 0 Å². The van der Waals surface area contributed by atoms with Gasteiger partial charge in [-0.15, -0.1) is 0 Å². The molecule has 0 unspecified atom stereocenters. The molecule has 4 heterocycles. The molecule has 1 aliphatic heterocycles. The maximum absolute atomic E-state index is 11.8. The van der Waals surface area contributed by atoms with Crippen LogP contribution in [0.1, 0.15) is 11.4 Å². The van der Waals surface area contributed by atoms with Crippen LogP contribution < -0.4 is 9.64 Å². The summed E-state index contributed by atoms with van der Waals surface area (Å²) in [6.07, 6.45) is 7.78. The van der Waals surface area contributed by atoms with Gasteiger partial charge in [-0.05, 0) is 17.7 Å². The largest absolute Gasteiger partial charge is 0.496 e. The van der Waals surface area contributed by atoms with E-state index >= 15 is 0 Å². The fourth-order valence-corrected chi connectivity index (χ4v) is 5.23. The van der Waals surface area contributed by atoms with Crippen LogP contribution in [0.25, 0.3) is 22.0 Å². The van der Waals surface area contributed by atoms with E-state index in [1.807, 2.05) is 48.6 Å². The Labute approximate surface area is 192 Å². The third kappa shape index (κ3) is 4.38. The Balaban J connectivity index is 1.46. The molecule has 170 valence electrons. The van der Waals surface area contributed by atoms with Crippen molar-refractivity contribution in [2.75, 3.05) is 36.6 Å². The molecule has 0 atom stereocenters. The first-order chi connectivity index (χ1) is 15.9. The molecule has 0 spiro atoms. The van der Waals surface area contributed by atoms with Gasteiger partial charge in [0.2, 0.25) is 0 Å². The van der Waals surface area contributed by atoms with Crippen molar-refractivity contribution < 1.29 is 13.2 Å². The minimum absolute atomic E-state index is 0.128. The molecule has 1 aromatic carbocycles. The number of rotatable bonds is 5. The molecule has 0 radical (unpaired) electrons. The molecule has 1 saturated heterocycles. The van der Waals surface area contributed by atoms with Crippen LogP contribution in [0.15, 0.2) is 49.1 Å². The van der Waals surface area contributed by atoms with Gasteiger partial charge in [-0.25, -0.2) is 23.4 Å². The molecular formula is C23H24N6O3S. The molecule has 10 heteroatoms. The zero-order chi connectivity index (χ0) is 23.0. The van der Waals surface area contributed by atoms with Crippen LogP contribution in [0.5, 0.6) is 5.75 Å². The molecule has 9 nitrogen and oxygen atoms in total. The number of pyridine rings is 1. The maximum atomic E-state index is 11.8. The summed E-state index contributed by atoms with van der Waals surface area (Å²) >= 11 is 0. The van der Waals surface area contributed by atoms with E-state index in [1.165, 1.54) is 0 Å². The molecule has 0 aliphatic carbocycles. The summed E-state index contributed by atoms with van der Waals surface area (Å²) in [6.45, 7) is 0.828. The fraction of sp³-hybridized carbons (Fsp3) is 0.304. The number of hydrogen-bond acceptors (Lipinski definition) is 8. The first-order valence-corrected chi connectivity index (χ1v) is 12.5. The van der Waals surface area contributed by atoms with Crippen molar-refractivity contribution in [1.82, 2.24) is 24.7 Å². The minimum Gasteiger partial charge on any atom is -0.496 e. The number of aryl methyl sites for hydroxylation is 1. The smallest absolute Gasteiger partial charge is 0.155 e. The van der Waals surface area contributed by atoms with Gasteiger partial charge >= 0.3 is 0 Å². The molecule has 3 aromatic heterocycles. The van der Waals surface area contributed by atoms with Crippen LogP contribution >= 0.6 is 0 Å². The van der Waals surface area contributed by atoms with Crippen molar-refractivity contribution in [3.05, 3.63) is 60.4 Å². The van der Waals surface area contributed by atoms with Crippen LogP contribution in [0.3, 0.4) is 0 Å². The van der Waals surface area contributed by atoms with Crippen molar-refractivity contribution in [1.29, 1.82) is 0 Å². The Bertz CT molecular complexity index is 1420. The average molecular weight is 465 g/mol. The molecule has 4 aromatic rings. The monoisotopic (exact) mass is 464 g/mol. The Morgan fingerprint density at radius 2 is 1.88 bits per heavy atom. The van der Waals surface area contributed by atoms with Crippen LogP contribution in [0, 0.1) is 0 Å². The van der Waals surface area contributed by atoms with E-state index in [-0.39, 0.29) is 11.5 Å². The lowest BCUT2D eigenvalue weighted by atomic mass is 10.0. The third-order valence-electron chi connectivity index (χ3n) is 5.85. The lowest BCUT2D eigenvalue weighted by Crippen LogP contribution is -2.40. The second-order valence-corrected chi connectivity index (χ2v) is 10.4. The Morgan fingerprint density at radius 3 is 2.61 bits per heavy atom. The van der Waals surface area contributed by atoms with Crippen LogP contribution in [0.2, 0.25) is 0 Å². The van der Waals surface area contributed by atoms with Crippen LogP contribution in [-0.4, -0.2) is 64.9 Å². The third-order valence-corrected chi connectivity index (χ3v) is 7.46. The molecule has 0 bridgehead atoms. The van der Waals surface area contributed by atoms with E-state index in [0.717, 1.165) is 33.3 Å². The maximum Gasteiger partial charge on any atom is 0.155 e. The summed E-state index contributed by atoms with van der Waals surface area (Å²) in [7, 11) is 0.562. The van der Waals surface area contributed by atoms with E-state index in [4.69, 9.17) is 9.72 Å². The first-order valence-electron chi connectivity index (χ1n) is 10.6. The molecular weight excluding hydrogens is 440 g/mol. The predicted molar refractivity (Wildman–Crippen MR) is 126 cm³/mol. The lowest BCUT2D eigenvalue weighted by Gasteiger charge is -2.28. The van der Waals surface area contributed by atoms with Crippen LogP contribution in [0.4, 0.5) is 5.82 Å². The van der Waals surface area contributed by atoms with E-state index < -0.39 is 9.84 Å². The fourth-order valence-electron chi connectivity index (χ4n) is 4.03. The highest BCUT2D eigenvalue weighted by Crippen LogP contribution is 2.29. The number of fused-ring (bicyclic) bond motifs is 1. The van der Waals surface area contributed by atoms with Gasteiger partial charge in [0.05, 0.1) is 24.8 Å². The van der Waals surface area contributed by atoms with Crippen molar-refractivity contribution in [2.24, 2.45) is 7.05 Å². The number of ether oxygens (including phenoxy) is 1. The standard InChI is InChI=1S/C23H24N6O3S/c1-28-15-19(14-26-28)16-3-4-17(20(11-16)32-2)12-21-25-13-18-5-6-24-23(22(18)27-21)29-7-9-33(30,31)10-8-29/h3-6,11,13-15H,7-10,12H2,1-2H3. The number of anilines is 1. The molecule has 1 fully saturated rings. The minimum atomic E-state index is -2.98. The summed E-state index contributed by atoms with van der Waals surface area (Å²) in [5, 5.41) is 5.11. The normalized spacial score (nSPS) is 15.6. The van der Waals surface area contributed by atoms with Crippen molar-refractivity contribution >= 4 is 26.6 Å². The second kappa shape index (κ2) is 8.43. The van der Waals surface area contributed by atoms with Gasteiger partial charge < -0.3 is 9.64 Å². The van der Waals surface area contributed by atoms with E-state index in [0.29, 0.717) is 31.2 Å². The van der Waals surface area contributed by atoms with Crippen molar-refractivity contribution in [3.8, 4) is 16.9 Å². The van der Waals surface area contributed by atoms with Crippen molar-refractivity contribution in [3.63, 3.8) is 0 Å². The highest BCUT2D eigenvalue weighted by Gasteiger charge is 2.24. The number of benzene rings is 1. The zero-order valence-electron chi connectivity index (χ0n) is 18.5. The molecule has 0 N–H and O–H groups in total. The summed E-state index contributed by atoms with van der Waals surface area (Å²) in [6, 6.07) is 7.92. The average Bonchev–Trinajstić information content (AvgIpc) is 3.25. The summed E-state index contributed by atoms with van der Waals surface area (Å²) in [4.78, 5) is 15.9. The Kier molecular flexibility index (Phi) is 5.45. The SMILES string of the molecule is COc1cc(-c2cnn(C)c2)ccc1Cc1ncc2ccnc(N3CCS(=O)(=O)CC3)c2n1. The van der Waals surface area contributed by atoms with E-state index in [1.54, 1.807) is 24.2 Å². The van der Waals surface area contributed by atoms with Gasteiger partial charge in [-0.1, -0.05) is 12.1 Å². The molecule has 0 amide bonds. The topological polar surface area (TPSA) is 103 Å². The first kappa shape index (κ1) is 21.3. The Hall–Kier alpha value is -3.53. The van der Waals surface area contributed by atoms with Gasteiger partial charge in [0, 0.05) is 61.7 Å². The number of sulfone groups is 1. The highest BCUT2D eigenvalue weighted by atomic mass is 32.2. The Morgan fingerprint density at radius 1 is 1.06 bits per heavy atom. The van der Waals surface area contributed by atoms with Gasteiger partial charge in [0.1, 0.15) is 17.1 Å². The number of aromatic nitrogens is 5. The van der Waals surface area contributed by atoms with Gasteiger partial charge in [-0.2, -0.15) is 5.10 Å². The van der Waals surface area contributed by atoms with Crippen molar-refractivity contribution in [2.45, 2.75) is 6.42 Å². The molecule has 1 aliphatic rings. The van der Waals surface area contributed by atoms with Gasteiger partial charge in [-0.3, -0.25) is 4.68 Å². The van der Waals surface area contributed by atoms with E-state index in [2.05, 4.69) is 15.1 Å². The number of methoxy groups -OCH3 is 1. The second-order valence-electron chi connectivity index (χ2n) is 8.10. The molecule has 0 saturated carbocycles. The highest BCUT2D eigenvalue weighted by molar-refractivity contribution is 7.91. The summed E-state index contributed by atoms with van der Waals surface area (Å²) in [5.41, 5.74) is 3.74.